The van der Waals surface area contributed by atoms with E-state index < -0.39 is 11.3 Å². The predicted octanol–water partition coefficient (Wildman–Crippen LogP) is 6.08. The summed E-state index contributed by atoms with van der Waals surface area (Å²) >= 11 is 0. The zero-order valence-electron chi connectivity index (χ0n) is 29.4. The number of amides is 4. The molecule has 4 amide bonds. The van der Waals surface area contributed by atoms with E-state index in [1.54, 1.807) is 11.0 Å². The van der Waals surface area contributed by atoms with Gasteiger partial charge in [-0.25, -0.2) is 4.79 Å². The van der Waals surface area contributed by atoms with Gasteiger partial charge in [-0.2, -0.15) is 0 Å². The molecule has 1 aliphatic carbocycles. The lowest BCUT2D eigenvalue weighted by atomic mass is 9.65. The van der Waals surface area contributed by atoms with Crippen molar-refractivity contribution in [3.8, 4) is 0 Å². The molecule has 6 rings (SSSR count). The van der Waals surface area contributed by atoms with Crippen LogP contribution in [0.25, 0.3) is 0 Å². The number of nitrogens with zero attached hydrogens (tertiary/aromatic N) is 1. The highest BCUT2D eigenvalue weighted by molar-refractivity contribution is 6.04. The van der Waals surface area contributed by atoms with Gasteiger partial charge in [-0.1, -0.05) is 110 Å². The van der Waals surface area contributed by atoms with Crippen molar-refractivity contribution in [2.45, 2.75) is 56.5 Å². The van der Waals surface area contributed by atoms with Gasteiger partial charge in [0.15, 0.2) is 0 Å². The Balaban J connectivity index is 1.38. The molecular weight excluding hydrogens is 638 g/mol. The van der Waals surface area contributed by atoms with Crippen molar-refractivity contribution in [1.29, 1.82) is 0 Å². The first-order valence-corrected chi connectivity index (χ1v) is 18.2. The Bertz CT molecular complexity index is 1670. The fourth-order valence-corrected chi connectivity index (χ4v) is 7.79. The summed E-state index contributed by atoms with van der Waals surface area (Å²) in [6, 6.07) is 36.2. The number of benzene rings is 4. The Morgan fingerprint density at radius 3 is 1.96 bits per heavy atom. The minimum atomic E-state index is -0.806. The quantitative estimate of drug-likeness (QED) is 0.142. The number of hydrogen-bond acceptors (Lipinski definition) is 5. The van der Waals surface area contributed by atoms with Crippen LogP contribution in [0.5, 0.6) is 0 Å². The Hall–Kier alpha value is -4.99. The minimum absolute atomic E-state index is 0.0316. The molecular formula is C42H49N5O4. The maximum Gasteiger partial charge on any atom is 0.322 e. The molecule has 1 heterocycles. The maximum atomic E-state index is 14.2. The first kappa shape index (κ1) is 35.8. The van der Waals surface area contributed by atoms with E-state index >= 15 is 0 Å². The van der Waals surface area contributed by atoms with Crippen molar-refractivity contribution < 1.29 is 19.1 Å². The summed E-state index contributed by atoms with van der Waals surface area (Å²) in [5.41, 5.74) is 9.97. The maximum absolute atomic E-state index is 14.2. The van der Waals surface area contributed by atoms with E-state index in [0.29, 0.717) is 37.9 Å². The third-order valence-electron chi connectivity index (χ3n) is 10.3. The Morgan fingerprint density at radius 2 is 1.39 bits per heavy atom. The molecule has 1 saturated heterocycles. The van der Waals surface area contributed by atoms with Crippen LogP contribution in [0.2, 0.25) is 0 Å². The number of morpholine rings is 1. The van der Waals surface area contributed by atoms with Gasteiger partial charge in [0.1, 0.15) is 0 Å². The van der Waals surface area contributed by atoms with Crippen molar-refractivity contribution in [3.05, 3.63) is 137 Å². The van der Waals surface area contributed by atoms with Crippen LogP contribution in [0.15, 0.2) is 109 Å². The number of carbonyl (C=O) groups is 3. The molecule has 9 nitrogen and oxygen atoms in total. The van der Waals surface area contributed by atoms with E-state index in [9.17, 15) is 14.4 Å². The second-order valence-corrected chi connectivity index (χ2v) is 13.6. The molecule has 0 unspecified atom stereocenters. The van der Waals surface area contributed by atoms with Crippen LogP contribution in [0.3, 0.4) is 0 Å². The molecule has 4 aromatic rings. The second kappa shape index (κ2) is 16.8. The van der Waals surface area contributed by atoms with Gasteiger partial charge in [0.05, 0.1) is 36.4 Å². The summed E-state index contributed by atoms with van der Waals surface area (Å²) in [4.78, 5) is 42.6. The van der Waals surface area contributed by atoms with Gasteiger partial charge in [-0.3, -0.25) is 9.59 Å². The largest absolute Gasteiger partial charge is 0.378 e. The molecule has 51 heavy (non-hydrogen) atoms. The standard InChI is InChI=1S/C42H49N5O4/c1-2-12-30-27-35(43)20-22-37(30)45-39(48)29-44-40(49)36-28-34(19-21-38(36)46-41(50)47-23-25-51-26-24-47)42(31-13-6-3-7-14-31,32-15-8-4-9-16-32)33-17-10-5-11-18-33/h3-11,13-19,21,28,30,35,37H,2,12,20,22-27,29,43H2,1H3,(H,44,49)(H,45,48)(H,46,50)/t30-,35-,37+/m1/s1. The van der Waals surface area contributed by atoms with Gasteiger partial charge in [-0.15, -0.1) is 0 Å². The summed E-state index contributed by atoms with van der Waals surface area (Å²) in [7, 11) is 0. The van der Waals surface area contributed by atoms with Crippen molar-refractivity contribution in [2.75, 3.05) is 38.2 Å². The summed E-state index contributed by atoms with van der Waals surface area (Å²) in [5, 5.41) is 9.04. The number of anilines is 1. The number of nitrogens with two attached hydrogens (primary N) is 1. The lowest BCUT2D eigenvalue weighted by molar-refractivity contribution is -0.121. The number of carbonyl (C=O) groups excluding carboxylic acids is 3. The molecule has 5 N–H and O–H groups in total. The SMILES string of the molecule is CCC[C@@H]1C[C@H](N)CC[C@@H]1NC(=O)CNC(=O)c1cc(C(c2ccccc2)(c2ccccc2)c2ccccc2)ccc1NC(=O)N1CCOCC1. The molecule has 3 atom stereocenters. The van der Waals surface area contributed by atoms with Crippen molar-refractivity contribution in [2.24, 2.45) is 11.7 Å². The van der Waals surface area contributed by atoms with E-state index in [0.717, 1.165) is 54.4 Å². The van der Waals surface area contributed by atoms with E-state index in [1.165, 1.54) is 0 Å². The molecule has 0 radical (unpaired) electrons. The molecule has 1 saturated carbocycles. The van der Waals surface area contributed by atoms with Crippen LogP contribution in [0.4, 0.5) is 10.5 Å². The Kier molecular flexibility index (Phi) is 11.8. The van der Waals surface area contributed by atoms with Gasteiger partial charge in [0.2, 0.25) is 5.91 Å². The lowest BCUT2D eigenvalue weighted by Crippen LogP contribution is -2.49. The van der Waals surface area contributed by atoms with Crippen LogP contribution in [-0.4, -0.2) is 67.7 Å². The molecule has 0 bridgehead atoms. The van der Waals surface area contributed by atoms with E-state index in [-0.39, 0.29) is 36.1 Å². The van der Waals surface area contributed by atoms with Crippen molar-refractivity contribution in [3.63, 3.8) is 0 Å². The molecule has 266 valence electrons. The van der Waals surface area contributed by atoms with Crippen molar-refractivity contribution >= 4 is 23.5 Å². The number of rotatable bonds is 11. The topological polar surface area (TPSA) is 126 Å². The highest BCUT2D eigenvalue weighted by atomic mass is 16.5. The summed E-state index contributed by atoms with van der Waals surface area (Å²) in [5.74, 6) is -0.380. The molecule has 0 spiro atoms. The van der Waals surface area contributed by atoms with Crippen LogP contribution in [0.1, 0.15) is 71.6 Å². The second-order valence-electron chi connectivity index (χ2n) is 13.6. The summed E-state index contributed by atoms with van der Waals surface area (Å²) in [6.45, 7) is 3.77. The van der Waals surface area contributed by atoms with Gasteiger partial charge in [-0.05, 0) is 66.0 Å². The Labute approximate surface area is 301 Å². The van der Waals surface area contributed by atoms with E-state index in [4.69, 9.17) is 10.5 Å². The molecule has 1 aliphatic heterocycles. The number of hydrogen-bond donors (Lipinski definition) is 4. The van der Waals surface area contributed by atoms with Gasteiger partial charge in [0.25, 0.3) is 5.91 Å². The first-order chi connectivity index (χ1) is 24.9. The van der Waals surface area contributed by atoms with E-state index in [2.05, 4.69) is 59.3 Å². The minimum Gasteiger partial charge on any atom is -0.378 e. The lowest BCUT2D eigenvalue weighted by Gasteiger charge is -2.37. The molecule has 2 aliphatic rings. The zero-order valence-corrected chi connectivity index (χ0v) is 29.4. The monoisotopic (exact) mass is 687 g/mol. The molecule has 4 aromatic carbocycles. The molecule has 9 heteroatoms. The van der Waals surface area contributed by atoms with Crippen LogP contribution in [-0.2, 0) is 14.9 Å². The number of ether oxygens (including phenoxy) is 1. The Morgan fingerprint density at radius 1 is 0.804 bits per heavy atom. The number of urea groups is 1. The first-order valence-electron chi connectivity index (χ1n) is 18.2. The normalized spacial score (nSPS) is 19.2. The highest BCUT2D eigenvalue weighted by Gasteiger charge is 2.39. The fourth-order valence-electron chi connectivity index (χ4n) is 7.79. The average Bonchev–Trinajstić information content (AvgIpc) is 3.17. The van der Waals surface area contributed by atoms with Gasteiger partial charge < -0.3 is 31.3 Å². The highest BCUT2D eigenvalue weighted by Crippen LogP contribution is 2.45. The van der Waals surface area contributed by atoms with Crippen LogP contribution in [0, 0.1) is 5.92 Å². The van der Waals surface area contributed by atoms with E-state index in [1.807, 2.05) is 66.7 Å². The van der Waals surface area contributed by atoms with Crippen LogP contribution >= 0.6 is 0 Å². The summed E-state index contributed by atoms with van der Waals surface area (Å²) in [6.07, 6.45) is 4.59. The smallest absolute Gasteiger partial charge is 0.322 e. The third-order valence-corrected chi connectivity index (χ3v) is 10.3. The van der Waals surface area contributed by atoms with Crippen molar-refractivity contribution in [1.82, 2.24) is 15.5 Å². The predicted molar refractivity (Wildman–Crippen MR) is 201 cm³/mol. The zero-order chi connectivity index (χ0) is 35.6. The molecule has 0 aromatic heterocycles. The number of nitrogens with one attached hydrogen (secondary N) is 3. The molecule has 2 fully saturated rings. The van der Waals surface area contributed by atoms with Gasteiger partial charge in [0, 0.05) is 25.2 Å². The summed E-state index contributed by atoms with van der Waals surface area (Å²) < 4.78 is 5.45. The van der Waals surface area contributed by atoms with Crippen LogP contribution < -0.4 is 21.7 Å². The fraction of sp³-hybridized carbons (Fsp3) is 0.357. The average molecular weight is 688 g/mol. The third kappa shape index (κ3) is 8.16. The van der Waals surface area contributed by atoms with Gasteiger partial charge >= 0.3 is 6.03 Å².